The first-order chi connectivity index (χ1) is 32.7. The lowest BCUT2D eigenvalue weighted by molar-refractivity contribution is 1.17. The number of hydrogen-bond donors (Lipinski definition) is 0. The van der Waals surface area contributed by atoms with Crippen LogP contribution in [0.25, 0.3) is 104 Å². The zero-order valence-corrected chi connectivity index (χ0v) is 36.1. The van der Waals surface area contributed by atoms with E-state index in [0.717, 1.165) is 22.7 Å². The number of para-hydroxylation sites is 2. The van der Waals surface area contributed by atoms with E-state index in [1.165, 1.54) is 98.3 Å². The van der Waals surface area contributed by atoms with Gasteiger partial charge in [0.25, 0.3) is 0 Å². The molecule has 0 unspecified atom stereocenters. The van der Waals surface area contributed by atoms with Gasteiger partial charge < -0.3 is 9.47 Å². The summed E-state index contributed by atoms with van der Waals surface area (Å²) in [5, 5.41) is 12.7. The molecular formula is C64H42N2. The van der Waals surface area contributed by atoms with Gasteiger partial charge >= 0.3 is 0 Å². The van der Waals surface area contributed by atoms with Crippen molar-refractivity contribution in [2.75, 3.05) is 4.90 Å². The van der Waals surface area contributed by atoms with Gasteiger partial charge in [-0.3, -0.25) is 0 Å². The van der Waals surface area contributed by atoms with Crippen LogP contribution in [0.5, 0.6) is 0 Å². The number of rotatable bonds is 7. The number of hydrogen-bond acceptors (Lipinski definition) is 1. The summed E-state index contributed by atoms with van der Waals surface area (Å²) in [6, 6.07) is 93.2. The Kier molecular flexibility index (Phi) is 8.89. The van der Waals surface area contributed by atoms with E-state index in [4.69, 9.17) is 0 Å². The Labute approximate surface area is 383 Å². The van der Waals surface area contributed by atoms with Gasteiger partial charge in [-0.1, -0.05) is 188 Å². The fourth-order valence-electron chi connectivity index (χ4n) is 10.3. The molecule has 0 spiro atoms. The molecule has 0 N–H and O–H groups in total. The fourth-order valence-corrected chi connectivity index (χ4v) is 10.3. The monoisotopic (exact) mass is 838 g/mol. The normalized spacial score (nSPS) is 11.6. The van der Waals surface area contributed by atoms with Crippen LogP contribution in [-0.2, 0) is 0 Å². The first kappa shape index (κ1) is 37.8. The van der Waals surface area contributed by atoms with E-state index >= 15 is 0 Å². The predicted molar refractivity (Wildman–Crippen MR) is 282 cm³/mol. The third-order valence-corrected chi connectivity index (χ3v) is 13.6. The number of benzene rings is 12. The fraction of sp³-hybridized carbons (Fsp3) is 0. The van der Waals surface area contributed by atoms with Crippen molar-refractivity contribution >= 4 is 82.0 Å². The van der Waals surface area contributed by atoms with Gasteiger partial charge in [-0.15, -0.1) is 0 Å². The Morgan fingerprint density at radius 2 is 0.636 bits per heavy atom. The molecule has 308 valence electrons. The average Bonchev–Trinajstić information content (AvgIpc) is 3.73. The maximum atomic E-state index is 2.40. The summed E-state index contributed by atoms with van der Waals surface area (Å²) in [6.45, 7) is 0. The van der Waals surface area contributed by atoms with Crippen molar-refractivity contribution in [2.24, 2.45) is 0 Å². The molecule has 0 fully saturated rings. The van der Waals surface area contributed by atoms with Crippen LogP contribution in [0.1, 0.15) is 0 Å². The second-order valence-corrected chi connectivity index (χ2v) is 17.3. The van der Waals surface area contributed by atoms with Crippen LogP contribution in [-0.4, -0.2) is 4.57 Å². The third kappa shape index (κ3) is 6.34. The van der Waals surface area contributed by atoms with Crippen LogP contribution in [0.2, 0.25) is 0 Å². The van der Waals surface area contributed by atoms with E-state index in [9.17, 15) is 0 Å². The Morgan fingerprint density at radius 3 is 1.21 bits per heavy atom. The molecule has 13 rings (SSSR count). The van der Waals surface area contributed by atoms with E-state index in [2.05, 4.69) is 264 Å². The van der Waals surface area contributed by atoms with Gasteiger partial charge in [-0.25, -0.2) is 0 Å². The van der Waals surface area contributed by atoms with Crippen molar-refractivity contribution in [3.05, 3.63) is 255 Å². The molecule has 0 radical (unpaired) electrons. The summed E-state index contributed by atoms with van der Waals surface area (Å²) < 4.78 is 2.40. The van der Waals surface area contributed by atoms with Crippen LogP contribution in [0.3, 0.4) is 0 Å². The van der Waals surface area contributed by atoms with Gasteiger partial charge in [0.1, 0.15) is 0 Å². The second-order valence-electron chi connectivity index (χ2n) is 17.3. The van der Waals surface area contributed by atoms with E-state index in [-0.39, 0.29) is 0 Å². The quantitative estimate of drug-likeness (QED) is 0.145. The zero-order valence-electron chi connectivity index (χ0n) is 36.1. The molecule has 66 heavy (non-hydrogen) atoms. The standard InChI is InChI=1S/C64H42N2/c1-2-13-48-40-49(29-28-43(48)12-1)46-26-24-44(25-27-46)45-30-35-51(36-31-45)65(53-14-11-15-54(42-53)66-63-22-9-7-20-60(63)61-21-8-10-23-64(61)66)52-37-32-47(33-38-52)50-34-39-59-57-18-4-3-16-55(57)56-17-5-6-19-58(56)62(59)41-50/h1-42H. The lowest BCUT2D eigenvalue weighted by Gasteiger charge is -2.26. The lowest BCUT2D eigenvalue weighted by Crippen LogP contribution is -2.10. The minimum atomic E-state index is 1.08. The molecule has 12 aromatic carbocycles. The average molecular weight is 839 g/mol. The Balaban J connectivity index is 0.897. The second kappa shape index (κ2) is 15.5. The summed E-state index contributed by atoms with van der Waals surface area (Å²) in [5.74, 6) is 0. The molecule has 0 aliphatic heterocycles. The number of fused-ring (bicyclic) bond motifs is 10. The molecule has 0 aliphatic rings. The molecule has 1 aromatic heterocycles. The zero-order chi connectivity index (χ0) is 43.6. The van der Waals surface area contributed by atoms with Crippen LogP contribution >= 0.6 is 0 Å². The molecule has 0 saturated carbocycles. The summed E-state index contributed by atoms with van der Waals surface area (Å²) in [5.41, 5.74) is 13.9. The molecule has 1 heterocycles. The molecule has 0 saturated heterocycles. The van der Waals surface area contributed by atoms with E-state index in [1.54, 1.807) is 0 Å². The molecular weight excluding hydrogens is 797 g/mol. The van der Waals surface area contributed by atoms with E-state index < -0.39 is 0 Å². The van der Waals surface area contributed by atoms with Crippen molar-refractivity contribution in [3.8, 4) is 39.1 Å². The van der Waals surface area contributed by atoms with Crippen molar-refractivity contribution in [1.29, 1.82) is 0 Å². The summed E-state index contributed by atoms with van der Waals surface area (Å²) >= 11 is 0. The molecule has 0 aliphatic carbocycles. The van der Waals surface area contributed by atoms with Crippen molar-refractivity contribution in [1.82, 2.24) is 4.57 Å². The smallest absolute Gasteiger partial charge is 0.0541 e. The largest absolute Gasteiger partial charge is 0.310 e. The first-order valence-electron chi connectivity index (χ1n) is 22.7. The highest BCUT2D eigenvalue weighted by atomic mass is 15.1. The predicted octanol–water partition coefficient (Wildman–Crippen LogP) is 17.9. The molecule has 0 bridgehead atoms. The van der Waals surface area contributed by atoms with Crippen LogP contribution in [0.4, 0.5) is 17.1 Å². The van der Waals surface area contributed by atoms with Gasteiger partial charge in [-0.05, 0) is 143 Å². The van der Waals surface area contributed by atoms with E-state index in [0.29, 0.717) is 0 Å². The Hall–Kier alpha value is -8.72. The molecule has 0 atom stereocenters. The topological polar surface area (TPSA) is 8.17 Å². The minimum Gasteiger partial charge on any atom is -0.310 e. The highest BCUT2D eigenvalue weighted by Crippen LogP contribution is 2.41. The summed E-state index contributed by atoms with van der Waals surface area (Å²) in [6.07, 6.45) is 0. The number of nitrogens with zero attached hydrogens (tertiary/aromatic N) is 2. The highest BCUT2D eigenvalue weighted by molar-refractivity contribution is 6.25. The van der Waals surface area contributed by atoms with Crippen molar-refractivity contribution < 1.29 is 0 Å². The SMILES string of the molecule is c1cc(N(c2ccc(-c3ccc(-c4ccc5ccccc5c4)cc3)cc2)c2ccc(-c3ccc4c5ccccc5c5ccccc5c4c3)cc2)cc(-n2c3ccccc3c3ccccc32)c1. The maximum Gasteiger partial charge on any atom is 0.0541 e. The van der Waals surface area contributed by atoms with Gasteiger partial charge in [0.05, 0.1) is 11.0 Å². The Morgan fingerprint density at radius 1 is 0.227 bits per heavy atom. The van der Waals surface area contributed by atoms with Gasteiger partial charge in [0, 0.05) is 33.5 Å². The summed E-state index contributed by atoms with van der Waals surface area (Å²) in [7, 11) is 0. The van der Waals surface area contributed by atoms with Crippen molar-refractivity contribution in [2.45, 2.75) is 0 Å². The van der Waals surface area contributed by atoms with Crippen LogP contribution in [0.15, 0.2) is 255 Å². The van der Waals surface area contributed by atoms with E-state index in [1.807, 2.05) is 0 Å². The molecule has 2 nitrogen and oxygen atoms in total. The van der Waals surface area contributed by atoms with Crippen molar-refractivity contribution in [3.63, 3.8) is 0 Å². The van der Waals surface area contributed by atoms with Gasteiger partial charge in [0.15, 0.2) is 0 Å². The third-order valence-electron chi connectivity index (χ3n) is 13.6. The lowest BCUT2D eigenvalue weighted by atomic mass is 9.92. The highest BCUT2D eigenvalue weighted by Gasteiger charge is 2.18. The Bertz CT molecular complexity index is 3880. The summed E-state index contributed by atoms with van der Waals surface area (Å²) in [4.78, 5) is 2.38. The van der Waals surface area contributed by atoms with Crippen LogP contribution in [0, 0.1) is 0 Å². The number of aromatic nitrogens is 1. The molecule has 13 aromatic rings. The molecule has 0 amide bonds. The first-order valence-corrected chi connectivity index (χ1v) is 22.7. The van der Waals surface area contributed by atoms with Gasteiger partial charge in [-0.2, -0.15) is 0 Å². The maximum absolute atomic E-state index is 2.40. The van der Waals surface area contributed by atoms with Gasteiger partial charge in [0.2, 0.25) is 0 Å². The number of anilines is 3. The molecule has 2 heteroatoms. The minimum absolute atomic E-state index is 1.08. The van der Waals surface area contributed by atoms with Crippen LogP contribution < -0.4 is 4.90 Å².